The number of rotatable bonds is 2. The van der Waals surface area contributed by atoms with Crippen molar-refractivity contribution in [3.8, 4) is 0 Å². The second-order valence-electron chi connectivity index (χ2n) is 6.57. The number of carbonyl (C=O) groups excluding carboxylic acids is 1. The number of oxime groups is 1. The average molecular weight is 269 g/mol. The van der Waals surface area contributed by atoms with Crippen molar-refractivity contribution in [2.45, 2.75) is 47.0 Å². The molecule has 0 bridgehead atoms. The first-order valence-electron chi connectivity index (χ1n) is 7.03. The van der Waals surface area contributed by atoms with E-state index in [1.807, 2.05) is 4.90 Å². The summed E-state index contributed by atoms with van der Waals surface area (Å²) < 4.78 is 0. The van der Waals surface area contributed by atoms with Gasteiger partial charge in [0, 0.05) is 13.1 Å². The summed E-state index contributed by atoms with van der Waals surface area (Å²) in [5.74, 6) is 0.0483. The lowest BCUT2D eigenvalue weighted by atomic mass is 9.77. The molecule has 5 heteroatoms. The lowest BCUT2D eigenvalue weighted by molar-refractivity contribution is -0.133. The van der Waals surface area contributed by atoms with E-state index in [1.54, 1.807) is 6.92 Å². The molecule has 0 aromatic heterocycles. The number of hydrogen-bond donors (Lipinski definition) is 2. The van der Waals surface area contributed by atoms with Gasteiger partial charge in [0.1, 0.15) is 0 Å². The molecule has 1 heterocycles. The molecule has 2 unspecified atom stereocenters. The van der Waals surface area contributed by atoms with E-state index in [4.69, 9.17) is 10.9 Å². The lowest BCUT2D eigenvalue weighted by Crippen LogP contribution is -2.41. The third-order valence-electron chi connectivity index (χ3n) is 4.19. The van der Waals surface area contributed by atoms with Gasteiger partial charge < -0.3 is 15.8 Å². The maximum Gasteiger partial charge on any atom is 0.233 e. The topological polar surface area (TPSA) is 78.9 Å². The summed E-state index contributed by atoms with van der Waals surface area (Å²) in [5.41, 5.74) is 5.80. The van der Waals surface area contributed by atoms with Crippen molar-refractivity contribution < 1.29 is 10.0 Å². The number of likely N-dealkylation sites (tertiary alicyclic amines) is 1. The lowest BCUT2D eigenvalue weighted by Gasteiger charge is -2.30. The van der Waals surface area contributed by atoms with Crippen LogP contribution in [0.4, 0.5) is 0 Å². The molecule has 3 N–H and O–H groups in total. The number of carbonyl (C=O) groups is 1. The summed E-state index contributed by atoms with van der Waals surface area (Å²) in [6, 6.07) is 0. The maximum absolute atomic E-state index is 12.3. The van der Waals surface area contributed by atoms with Gasteiger partial charge in [-0.25, -0.2) is 0 Å². The van der Waals surface area contributed by atoms with Gasteiger partial charge >= 0.3 is 0 Å². The monoisotopic (exact) mass is 269 g/mol. The summed E-state index contributed by atoms with van der Waals surface area (Å²) >= 11 is 0. The third kappa shape index (κ3) is 4.11. The van der Waals surface area contributed by atoms with Crippen molar-refractivity contribution >= 4 is 11.7 Å². The van der Waals surface area contributed by atoms with E-state index in [-0.39, 0.29) is 17.2 Å². The highest BCUT2D eigenvalue weighted by Gasteiger charge is 2.30. The standard InChI is InChI=1S/C14H27N3O2/c1-10(12(15)16-19)13(18)17-8-5-6-11(7-9-17)14(2,3)4/h10-11,19H,5-9H2,1-4H3,(H2,15,16). The molecule has 0 saturated carbocycles. The van der Waals surface area contributed by atoms with Crippen molar-refractivity contribution in [2.24, 2.45) is 28.1 Å². The Kier molecular flexibility index (Phi) is 5.20. The molecule has 0 aromatic carbocycles. The molecule has 0 aliphatic carbocycles. The first kappa shape index (κ1) is 15.8. The van der Waals surface area contributed by atoms with E-state index < -0.39 is 5.92 Å². The normalized spacial score (nSPS) is 23.9. The molecule has 1 rings (SSSR count). The Balaban J connectivity index is 2.65. The van der Waals surface area contributed by atoms with Crippen LogP contribution in [0.1, 0.15) is 47.0 Å². The van der Waals surface area contributed by atoms with E-state index in [9.17, 15) is 4.79 Å². The van der Waals surface area contributed by atoms with Crippen LogP contribution in [0.3, 0.4) is 0 Å². The fraction of sp³-hybridized carbons (Fsp3) is 0.857. The first-order valence-corrected chi connectivity index (χ1v) is 7.03. The molecular weight excluding hydrogens is 242 g/mol. The van der Waals surface area contributed by atoms with Gasteiger partial charge in [-0.05, 0) is 37.5 Å². The average Bonchev–Trinajstić information content (AvgIpc) is 2.61. The molecule has 110 valence electrons. The Morgan fingerprint density at radius 1 is 1.37 bits per heavy atom. The maximum atomic E-state index is 12.3. The minimum absolute atomic E-state index is 0.0124. The van der Waals surface area contributed by atoms with Crippen LogP contribution in [-0.2, 0) is 4.79 Å². The van der Waals surface area contributed by atoms with Crippen LogP contribution in [0, 0.1) is 17.3 Å². The van der Waals surface area contributed by atoms with Crippen LogP contribution in [0.5, 0.6) is 0 Å². The minimum Gasteiger partial charge on any atom is -0.409 e. The van der Waals surface area contributed by atoms with Gasteiger partial charge in [0.25, 0.3) is 0 Å². The van der Waals surface area contributed by atoms with Gasteiger partial charge in [-0.2, -0.15) is 0 Å². The molecule has 1 fully saturated rings. The first-order chi connectivity index (χ1) is 8.77. The quantitative estimate of drug-likeness (QED) is 0.348. The molecule has 2 atom stereocenters. The third-order valence-corrected chi connectivity index (χ3v) is 4.19. The second kappa shape index (κ2) is 6.26. The number of amidine groups is 1. The summed E-state index contributed by atoms with van der Waals surface area (Å²) in [6.07, 6.45) is 3.21. The van der Waals surface area contributed by atoms with Gasteiger partial charge in [-0.3, -0.25) is 4.79 Å². The molecule has 0 spiro atoms. The SMILES string of the molecule is CC(C(=O)N1CCCC(C(C)(C)C)CC1)C(N)=NO. The Morgan fingerprint density at radius 2 is 2.00 bits per heavy atom. The fourth-order valence-electron chi connectivity index (χ4n) is 2.67. The Labute approximate surface area is 115 Å². The van der Waals surface area contributed by atoms with Crippen molar-refractivity contribution in [3.63, 3.8) is 0 Å². The molecule has 0 radical (unpaired) electrons. The molecule has 0 aromatic rings. The van der Waals surface area contributed by atoms with Gasteiger partial charge in [-0.15, -0.1) is 0 Å². The van der Waals surface area contributed by atoms with Crippen molar-refractivity contribution in [3.05, 3.63) is 0 Å². The van der Waals surface area contributed by atoms with E-state index in [0.29, 0.717) is 5.92 Å². The number of amides is 1. The molecule has 19 heavy (non-hydrogen) atoms. The molecule has 1 aliphatic rings. The minimum atomic E-state index is -0.545. The predicted molar refractivity (Wildman–Crippen MR) is 75.9 cm³/mol. The largest absolute Gasteiger partial charge is 0.409 e. The zero-order chi connectivity index (χ0) is 14.6. The number of nitrogens with zero attached hydrogens (tertiary/aromatic N) is 2. The summed E-state index contributed by atoms with van der Waals surface area (Å²) in [6.45, 7) is 10.00. The molecule has 1 aliphatic heterocycles. The second-order valence-corrected chi connectivity index (χ2v) is 6.57. The number of nitrogens with two attached hydrogens (primary N) is 1. The molecule has 1 saturated heterocycles. The Bertz CT molecular complexity index is 347. The van der Waals surface area contributed by atoms with E-state index in [1.165, 1.54) is 0 Å². The zero-order valence-corrected chi connectivity index (χ0v) is 12.5. The van der Waals surface area contributed by atoms with Crippen LogP contribution in [-0.4, -0.2) is 34.9 Å². The summed E-state index contributed by atoms with van der Waals surface area (Å²) in [7, 11) is 0. The highest BCUT2D eigenvalue weighted by atomic mass is 16.4. The molecular formula is C14H27N3O2. The van der Waals surface area contributed by atoms with Gasteiger partial charge in [0.05, 0.1) is 5.92 Å². The van der Waals surface area contributed by atoms with Crippen LogP contribution >= 0.6 is 0 Å². The van der Waals surface area contributed by atoms with E-state index in [0.717, 1.165) is 32.4 Å². The van der Waals surface area contributed by atoms with Crippen LogP contribution < -0.4 is 5.73 Å². The van der Waals surface area contributed by atoms with Gasteiger partial charge in [0.15, 0.2) is 5.84 Å². The van der Waals surface area contributed by atoms with Gasteiger partial charge in [0.2, 0.25) is 5.91 Å². The number of hydrogen-bond acceptors (Lipinski definition) is 3. The van der Waals surface area contributed by atoms with E-state index in [2.05, 4.69) is 25.9 Å². The highest BCUT2D eigenvalue weighted by Crippen LogP contribution is 2.34. The van der Waals surface area contributed by atoms with Crippen molar-refractivity contribution in [1.29, 1.82) is 0 Å². The van der Waals surface area contributed by atoms with Crippen molar-refractivity contribution in [1.82, 2.24) is 4.90 Å². The molecule has 1 amide bonds. The fourth-order valence-corrected chi connectivity index (χ4v) is 2.67. The summed E-state index contributed by atoms with van der Waals surface area (Å²) in [4.78, 5) is 14.1. The van der Waals surface area contributed by atoms with Crippen molar-refractivity contribution in [2.75, 3.05) is 13.1 Å². The molecule has 5 nitrogen and oxygen atoms in total. The Morgan fingerprint density at radius 3 is 2.53 bits per heavy atom. The van der Waals surface area contributed by atoms with Crippen LogP contribution in [0.2, 0.25) is 0 Å². The van der Waals surface area contributed by atoms with Gasteiger partial charge in [-0.1, -0.05) is 25.9 Å². The summed E-state index contributed by atoms with van der Waals surface area (Å²) in [5, 5.41) is 11.6. The highest BCUT2D eigenvalue weighted by molar-refractivity contribution is 6.01. The Hall–Kier alpha value is -1.26. The predicted octanol–water partition coefficient (Wildman–Crippen LogP) is 2.04. The van der Waals surface area contributed by atoms with E-state index >= 15 is 0 Å². The van der Waals surface area contributed by atoms with Crippen LogP contribution in [0.25, 0.3) is 0 Å². The van der Waals surface area contributed by atoms with Crippen LogP contribution in [0.15, 0.2) is 5.16 Å². The zero-order valence-electron chi connectivity index (χ0n) is 12.5. The smallest absolute Gasteiger partial charge is 0.233 e.